The molecule has 6 nitrogen and oxygen atoms in total. The van der Waals surface area contributed by atoms with Crippen LogP contribution in [0.25, 0.3) is 10.6 Å². The molecule has 0 spiro atoms. The highest BCUT2D eigenvalue weighted by molar-refractivity contribution is 7.15. The van der Waals surface area contributed by atoms with E-state index in [9.17, 15) is 4.79 Å². The molecule has 0 bridgehead atoms. The van der Waals surface area contributed by atoms with E-state index in [1.165, 1.54) is 18.3 Å². The summed E-state index contributed by atoms with van der Waals surface area (Å²) in [6, 6.07) is 9.63. The van der Waals surface area contributed by atoms with Crippen LogP contribution in [0.2, 0.25) is 0 Å². The van der Waals surface area contributed by atoms with Crippen molar-refractivity contribution in [1.29, 1.82) is 0 Å². The summed E-state index contributed by atoms with van der Waals surface area (Å²) in [6.07, 6.45) is 3.14. The lowest BCUT2D eigenvalue weighted by atomic mass is 10.3. The summed E-state index contributed by atoms with van der Waals surface area (Å²) in [4.78, 5) is 25.2. The molecule has 3 rings (SSSR count). The zero-order chi connectivity index (χ0) is 17.8. The zero-order valence-corrected chi connectivity index (χ0v) is 15.0. The number of pyridine rings is 2. The molecule has 25 heavy (non-hydrogen) atoms. The highest BCUT2D eigenvalue weighted by Crippen LogP contribution is 2.30. The molecule has 1 atom stereocenters. The highest BCUT2D eigenvalue weighted by atomic mass is 32.1. The number of anilines is 2. The van der Waals surface area contributed by atoms with Crippen LogP contribution in [-0.2, 0) is 9.53 Å². The molecule has 1 unspecified atom stereocenters. The topological polar surface area (TPSA) is 77.0 Å². The van der Waals surface area contributed by atoms with Crippen LogP contribution < -0.4 is 5.32 Å². The lowest BCUT2D eigenvalue weighted by Gasteiger charge is -2.08. The summed E-state index contributed by atoms with van der Waals surface area (Å²) in [6.45, 7) is 5.21. The Labute approximate surface area is 149 Å². The lowest BCUT2D eigenvalue weighted by Crippen LogP contribution is -2.03. The number of esters is 1. The van der Waals surface area contributed by atoms with E-state index in [-0.39, 0.29) is 12.1 Å². The van der Waals surface area contributed by atoms with Crippen LogP contribution in [-0.4, -0.2) is 20.9 Å². The van der Waals surface area contributed by atoms with Gasteiger partial charge in [0.1, 0.15) is 16.6 Å². The fourth-order valence-electron chi connectivity index (χ4n) is 2.27. The summed E-state index contributed by atoms with van der Waals surface area (Å²) < 4.78 is 5.17. The summed E-state index contributed by atoms with van der Waals surface area (Å²) >= 11 is 1.46. The number of nitrogens with zero attached hydrogens (tertiary/aromatic N) is 3. The summed E-state index contributed by atoms with van der Waals surface area (Å²) in [5.74, 6) is 1.14. The Kier molecular flexibility index (Phi) is 5.04. The van der Waals surface area contributed by atoms with E-state index in [0.29, 0.717) is 5.82 Å². The van der Waals surface area contributed by atoms with E-state index in [2.05, 4.69) is 20.3 Å². The van der Waals surface area contributed by atoms with Gasteiger partial charge in [-0.2, -0.15) is 0 Å². The molecule has 0 aliphatic carbocycles. The minimum absolute atomic E-state index is 0.320. The Hall–Kier alpha value is -2.80. The molecule has 0 saturated carbocycles. The Balaban J connectivity index is 1.80. The summed E-state index contributed by atoms with van der Waals surface area (Å²) in [5.41, 5.74) is 1.93. The number of nitrogens with one attached hydrogen (secondary N) is 1. The van der Waals surface area contributed by atoms with Gasteiger partial charge in [-0.05, 0) is 43.7 Å². The van der Waals surface area contributed by atoms with Gasteiger partial charge in [0.05, 0.1) is 10.6 Å². The molecule has 0 saturated heterocycles. The second kappa shape index (κ2) is 7.40. The van der Waals surface area contributed by atoms with Crippen molar-refractivity contribution in [2.75, 3.05) is 5.32 Å². The largest absolute Gasteiger partial charge is 0.455 e. The molecule has 0 aliphatic heterocycles. The number of ether oxygens (including phenoxy) is 1. The van der Waals surface area contributed by atoms with Crippen molar-refractivity contribution >= 4 is 28.9 Å². The lowest BCUT2D eigenvalue weighted by molar-refractivity contribution is -0.145. The van der Waals surface area contributed by atoms with E-state index in [1.54, 1.807) is 19.3 Å². The minimum atomic E-state index is -0.367. The van der Waals surface area contributed by atoms with Crippen LogP contribution >= 0.6 is 11.3 Å². The Morgan fingerprint density at radius 2 is 2.08 bits per heavy atom. The first-order chi connectivity index (χ1) is 12.0. The van der Waals surface area contributed by atoms with E-state index in [0.717, 1.165) is 27.0 Å². The van der Waals surface area contributed by atoms with Crippen molar-refractivity contribution in [2.24, 2.45) is 0 Å². The van der Waals surface area contributed by atoms with Crippen molar-refractivity contribution in [3.63, 3.8) is 0 Å². The molecule has 3 aromatic rings. The molecule has 7 heteroatoms. The Morgan fingerprint density at radius 3 is 2.84 bits per heavy atom. The number of carbonyl (C=O) groups excluding carboxylic acids is 1. The maximum absolute atomic E-state index is 11.1. The summed E-state index contributed by atoms with van der Waals surface area (Å²) in [5, 5.41) is 3.94. The molecule has 1 N–H and O–H groups in total. The van der Waals surface area contributed by atoms with Gasteiger partial charge in [0.25, 0.3) is 0 Å². The molecule has 0 fully saturated rings. The van der Waals surface area contributed by atoms with Gasteiger partial charge >= 0.3 is 5.97 Å². The second-order valence-corrected chi connectivity index (χ2v) is 6.63. The second-order valence-electron chi connectivity index (χ2n) is 5.57. The van der Waals surface area contributed by atoms with Crippen LogP contribution in [0.3, 0.4) is 0 Å². The fraction of sp³-hybridized carbons (Fsp3) is 0.222. The third-order valence-electron chi connectivity index (χ3n) is 3.39. The maximum atomic E-state index is 11.1. The number of hydrogen-bond acceptors (Lipinski definition) is 7. The number of aryl methyl sites for hydroxylation is 1. The average Bonchev–Trinajstić information content (AvgIpc) is 3.05. The Morgan fingerprint density at radius 1 is 1.24 bits per heavy atom. The number of thiazole rings is 1. The van der Waals surface area contributed by atoms with Gasteiger partial charge in [0.2, 0.25) is 0 Å². The Bertz CT molecular complexity index is 894. The van der Waals surface area contributed by atoms with Crippen molar-refractivity contribution in [3.8, 4) is 10.6 Å². The van der Waals surface area contributed by atoms with Crippen LogP contribution in [0.1, 0.15) is 30.5 Å². The smallest absolute Gasteiger partial charge is 0.303 e. The minimum Gasteiger partial charge on any atom is -0.455 e. The van der Waals surface area contributed by atoms with Crippen LogP contribution in [0.4, 0.5) is 11.6 Å². The van der Waals surface area contributed by atoms with Gasteiger partial charge in [-0.15, -0.1) is 11.3 Å². The summed E-state index contributed by atoms with van der Waals surface area (Å²) in [7, 11) is 0. The van der Waals surface area contributed by atoms with Gasteiger partial charge in [-0.3, -0.25) is 4.79 Å². The van der Waals surface area contributed by atoms with Gasteiger partial charge in [0.15, 0.2) is 6.10 Å². The third-order valence-corrected chi connectivity index (χ3v) is 4.57. The molecule has 3 aromatic heterocycles. The molecule has 0 radical (unpaired) electrons. The number of aromatic nitrogens is 3. The fourth-order valence-corrected chi connectivity index (χ4v) is 3.14. The van der Waals surface area contributed by atoms with Crippen molar-refractivity contribution in [1.82, 2.24) is 15.0 Å². The van der Waals surface area contributed by atoms with E-state index in [4.69, 9.17) is 4.74 Å². The number of hydrogen-bond donors (Lipinski definition) is 1. The zero-order valence-electron chi connectivity index (χ0n) is 14.2. The molecule has 0 aromatic carbocycles. The monoisotopic (exact) mass is 354 g/mol. The van der Waals surface area contributed by atoms with Gasteiger partial charge in [-0.25, -0.2) is 15.0 Å². The molecular formula is C18H18N4O2S. The standard InChI is InChI=1S/C18H18N4O2S/c1-11-7-8-19-17(9-11)22-16-6-4-5-14(21-16)15-10-20-18(25-15)12(2)24-13(3)23/h4-10,12H,1-3H3,(H,19,21,22). The van der Waals surface area contributed by atoms with Gasteiger partial charge in [0, 0.05) is 19.3 Å². The van der Waals surface area contributed by atoms with Crippen molar-refractivity contribution in [2.45, 2.75) is 26.9 Å². The molecule has 128 valence electrons. The molecular weight excluding hydrogens is 336 g/mol. The van der Waals surface area contributed by atoms with Crippen molar-refractivity contribution in [3.05, 3.63) is 53.3 Å². The van der Waals surface area contributed by atoms with Crippen LogP contribution in [0, 0.1) is 6.92 Å². The highest BCUT2D eigenvalue weighted by Gasteiger charge is 2.14. The van der Waals surface area contributed by atoms with E-state index < -0.39 is 0 Å². The molecule has 3 heterocycles. The number of rotatable bonds is 5. The quantitative estimate of drug-likeness (QED) is 0.689. The van der Waals surface area contributed by atoms with E-state index >= 15 is 0 Å². The first kappa shape index (κ1) is 17.0. The normalized spacial score (nSPS) is 11.8. The molecule has 0 amide bonds. The van der Waals surface area contributed by atoms with Gasteiger partial charge in [-0.1, -0.05) is 6.07 Å². The van der Waals surface area contributed by atoms with E-state index in [1.807, 2.05) is 37.3 Å². The average molecular weight is 354 g/mol. The van der Waals surface area contributed by atoms with Crippen molar-refractivity contribution < 1.29 is 9.53 Å². The van der Waals surface area contributed by atoms with Gasteiger partial charge < -0.3 is 10.1 Å². The van der Waals surface area contributed by atoms with Crippen LogP contribution in [0.15, 0.2) is 42.7 Å². The number of carbonyl (C=O) groups is 1. The first-order valence-electron chi connectivity index (χ1n) is 7.81. The molecule has 0 aliphatic rings. The predicted octanol–water partition coefficient (Wildman–Crippen LogP) is 4.28. The van der Waals surface area contributed by atoms with Crippen LogP contribution in [0.5, 0.6) is 0 Å². The first-order valence-corrected chi connectivity index (χ1v) is 8.63. The third kappa shape index (κ3) is 4.39. The SMILES string of the molecule is CC(=O)OC(C)c1ncc(-c2cccc(Nc3cc(C)ccn3)n2)s1. The maximum Gasteiger partial charge on any atom is 0.303 e. The predicted molar refractivity (Wildman–Crippen MR) is 97.8 cm³/mol.